The van der Waals surface area contributed by atoms with Gasteiger partial charge in [-0.3, -0.25) is 19.4 Å². The number of likely N-dealkylation sites (tertiary alicyclic amines) is 1. The van der Waals surface area contributed by atoms with Gasteiger partial charge in [-0.05, 0) is 71.6 Å². The van der Waals surface area contributed by atoms with Gasteiger partial charge >= 0.3 is 18.2 Å². The minimum atomic E-state index is -1.26. The third-order valence-electron chi connectivity index (χ3n) is 9.69. The first-order chi connectivity index (χ1) is 24.4. The van der Waals surface area contributed by atoms with Gasteiger partial charge in [-0.15, -0.1) is 0 Å². The number of hydrogen-bond donors (Lipinski definition) is 2. The van der Waals surface area contributed by atoms with Crippen molar-refractivity contribution in [3.05, 3.63) is 65.9 Å². The van der Waals surface area contributed by atoms with Crippen LogP contribution >= 0.6 is 0 Å². The Labute approximate surface area is 303 Å². The number of nitrogens with one attached hydrogen (secondary N) is 2. The number of rotatable bonds is 6. The fourth-order valence-electron chi connectivity index (χ4n) is 7.82. The van der Waals surface area contributed by atoms with Gasteiger partial charge in [0.15, 0.2) is 0 Å². The van der Waals surface area contributed by atoms with Crippen LogP contribution in [-0.4, -0.2) is 82.0 Å². The number of carbonyl (C=O) groups is 5. The molecule has 0 bridgehead atoms. The van der Waals surface area contributed by atoms with Crippen molar-refractivity contribution in [2.45, 2.75) is 116 Å². The number of fused-ring (bicyclic) bond motifs is 4. The molecule has 2 saturated heterocycles. The molecular weight excluding hydrogens is 666 g/mol. The van der Waals surface area contributed by atoms with Crippen LogP contribution in [0.5, 0.6) is 0 Å². The average Bonchev–Trinajstić information content (AvgIpc) is 3.67. The quantitative estimate of drug-likeness (QED) is 0.261. The molecule has 0 aliphatic carbocycles. The van der Waals surface area contributed by atoms with E-state index < -0.39 is 59.2 Å². The lowest BCUT2D eigenvalue weighted by molar-refractivity contribution is -0.146. The molecular formula is C39H49N5O8. The van der Waals surface area contributed by atoms with Crippen molar-refractivity contribution in [2.24, 2.45) is 5.92 Å². The number of esters is 1. The molecule has 0 unspecified atom stereocenters. The Hall–Kier alpha value is -5.07. The van der Waals surface area contributed by atoms with Gasteiger partial charge in [-0.25, -0.2) is 14.4 Å². The number of piperazine rings is 1. The summed E-state index contributed by atoms with van der Waals surface area (Å²) in [5.74, 6) is -0.963. The predicted molar refractivity (Wildman–Crippen MR) is 193 cm³/mol. The summed E-state index contributed by atoms with van der Waals surface area (Å²) >= 11 is 0. The molecule has 2 aromatic carbocycles. The van der Waals surface area contributed by atoms with Crippen LogP contribution in [0.3, 0.4) is 0 Å². The summed E-state index contributed by atoms with van der Waals surface area (Å²) in [6.07, 6.45) is -0.0260. The van der Waals surface area contributed by atoms with Crippen LogP contribution in [0.4, 0.5) is 15.3 Å². The Kier molecular flexibility index (Phi) is 9.29. The van der Waals surface area contributed by atoms with Crippen LogP contribution < -0.4 is 15.5 Å². The maximum Gasteiger partial charge on any atom is 0.416 e. The molecule has 0 spiro atoms. The van der Waals surface area contributed by atoms with Gasteiger partial charge in [0, 0.05) is 35.5 Å². The first-order valence-corrected chi connectivity index (χ1v) is 17.8. The van der Waals surface area contributed by atoms with Crippen molar-refractivity contribution < 1.29 is 38.2 Å². The Bertz CT molecular complexity index is 1920. The van der Waals surface area contributed by atoms with Crippen LogP contribution in [0.2, 0.25) is 0 Å². The highest BCUT2D eigenvalue weighted by molar-refractivity contribution is 5.98. The molecule has 13 nitrogen and oxygen atoms in total. The van der Waals surface area contributed by atoms with Gasteiger partial charge in [-0.1, -0.05) is 50.2 Å². The Balaban J connectivity index is 1.56. The number of benzene rings is 2. The molecule has 13 heteroatoms. The van der Waals surface area contributed by atoms with Gasteiger partial charge < -0.3 is 29.4 Å². The second kappa shape index (κ2) is 13.2. The van der Waals surface area contributed by atoms with E-state index in [-0.39, 0.29) is 30.6 Å². The molecule has 0 radical (unpaired) electrons. The second-order valence-corrected chi connectivity index (χ2v) is 16.3. The summed E-state index contributed by atoms with van der Waals surface area (Å²) in [5, 5.41) is 6.64. The molecule has 0 saturated carbocycles. The molecule has 3 aromatic rings. The zero-order valence-electron chi connectivity index (χ0n) is 31.3. The van der Waals surface area contributed by atoms with Crippen molar-refractivity contribution in [1.82, 2.24) is 20.1 Å². The maximum absolute atomic E-state index is 14.3. The average molecular weight is 716 g/mol. The highest BCUT2D eigenvalue weighted by Crippen LogP contribution is 2.57. The molecule has 3 aliphatic heterocycles. The van der Waals surface area contributed by atoms with Crippen LogP contribution in [0.1, 0.15) is 79.4 Å². The molecule has 2 fully saturated rings. The van der Waals surface area contributed by atoms with Crippen LogP contribution in [0.15, 0.2) is 54.7 Å². The lowest BCUT2D eigenvalue weighted by atomic mass is 9.86. The molecule has 52 heavy (non-hydrogen) atoms. The van der Waals surface area contributed by atoms with Crippen molar-refractivity contribution in [1.29, 1.82) is 0 Å². The summed E-state index contributed by atoms with van der Waals surface area (Å²) in [4.78, 5) is 71.6. The zero-order chi connectivity index (χ0) is 37.9. The van der Waals surface area contributed by atoms with Gasteiger partial charge in [0.2, 0.25) is 11.8 Å². The number of hydrogen-bond acceptors (Lipinski definition) is 8. The molecule has 3 aliphatic rings. The van der Waals surface area contributed by atoms with Gasteiger partial charge in [0.25, 0.3) is 0 Å². The number of nitrogens with zero attached hydrogens (tertiary/aromatic N) is 3. The summed E-state index contributed by atoms with van der Waals surface area (Å²) < 4.78 is 19.2. The predicted octanol–water partition coefficient (Wildman–Crippen LogP) is 5.22. The standard InChI is InChI=1S/C39H49N5O8/c1-22(2)18-26-31(45)41-27(32(46)40-26)19-23-21-42(28-16-12-10-14-24(23)28)39-20-30(33(47)50-9)44(36(49)52-38(6,7)8)34(39)43(35(48)51-37(3,4)5)29-17-13-11-15-25(29)39/h10-17,21-22,26-27,30,34H,18-20H2,1-9H3,(H,40,46)(H,41,45)/t26-,27-,30+,34-,39+/m1/s1. The van der Waals surface area contributed by atoms with Crippen molar-refractivity contribution in [2.75, 3.05) is 12.0 Å². The van der Waals surface area contributed by atoms with Crippen LogP contribution in [-0.2, 0) is 40.6 Å². The van der Waals surface area contributed by atoms with Gasteiger partial charge in [0.05, 0.1) is 12.8 Å². The van der Waals surface area contributed by atoms with Crippen LogP contribution in [0.25, 0.3) is 10.9 Å². The SMILES string of the molecule is COC(=O)[C@@H]1C[C@]2(n3cc(C[C@H]4NC(=O)[C@@H](CC(C)C)NC4=O)c4ccccc43)c3ccccc3N(C(=O)OC(C)(C)C)[C@@H]2N1C(=O)OC(C)(C)C. The minimum absolute atomic E-state index is 0.0234. The van der Waals surface area contributed by atoms with E-state index in [4.69, 9.17) is 14.2 Å². The molecule has 4 heterocycles. The normalized spacial score (nSPS) is 24.3. The van der Waals surface area contributed by atoms with E-state index in [1.165, 1.54) is 16.9 Å². The van der Waals surface area contributed by atoms with E-state index in [0.29, 0.717) is 17.7 Å². The van der Waals surface area contributed by atoms with Gasteiger partial charge in [-0.2, -0.15) is 0 Å². The second-order valence-electron chi connectivity index (χ2n) is 16.3. The molecule has 4 amide bonds. The largest absolute Gasteiger partial charge is 0.467 e. The third-order valence-corrected chi connectivity index (χ3v) is 9.69. The highest BCUT2D eigenvalue weighted by atomic mass is 16.6. The Morgan fingerprint density at radius 2 is 1.46 bits per heavy atom. The molecule has 6 rings (SSSR count). The van der Waals surface area contributed by atoms with Crippen LogP contribution in [0, 0.1) is 5.92 Å². The number of amides is 4. The number of ether oxygens (including phenoxy) is 3. The highest BCUT2D eigenvalue weighted by Gasteiger charge is 2.67. The lowest BCUT2D eigenvalue weighted by Crippen LogP contribution is -2.62. The Morgan fingerprint density at radius 3 is 2.12 bits per heavy atom. The third kappa shape index (κ3) is 6.45. The van der Waals surface area contributed by atoms with E-state index in [9.17, 15) is 24.0 Å². The van der Waals surface area contributed by atoms with Crippen molar-refractivity contribution >= 4 is 46.6 Å². The van der Waals surface area contributed by atoms with E-state index >= 15 is 0 Å². The van der Waals surface area contributed by atoms with E-state index in [0.717, 1.165) is 16.5 Å². The zero-order valence-corrected chi connectivity index (χ0v) is 31.3. The van der Waals surface area contributed by atoms with E-state index in [1.807, 2.05) is 61.0 Å². The fraction of sp³-hybridized carbons (Fsp3) is 0.513. The van der Waals surface area contributed by atoms with Crippen molar-refractivity contribution in [3.8, 4) is 0 Å². The smallest absolute Gasteiger partial charge is 0.416 e. The topological polar surface area (TPSA) is 149 Å². The lowest BCUT2D eigenvalue weighted by Gasteiger charge is -2.39. The number of aromatic nitrogens is 1. The van der Waals surface area contributed by atoms with Gasteiger partial charge in [0.1, 0.15) is 41.0 Å². The summed E-state index contributed by atoms with van der Waals surface area (Å²) in [5.41, 5.74) is -0.408. The number of methoxy groups -OCH3 is 1. The molecule has 5 atom stereocenters. The number of carbonyl (C=O) groups excluding carboxylic acids is 5. The minimum Gasteiger partial charge on any atom is -0.467 e. The molecule has 2 N–H and O–H groups in total. The van der Waals surface area contributed by atoms with E-state index in [1.54, 1.807) is 53.7 Å². The fourth-order valence-corrected chi connectivity index (χ4v) is 7.82. The Morgan fingerprint density at radius 1 is 0.865 bits per heavy atom. The summed E-state index contributed by atoms with van der Waals surface area (Å²) in [6, 6.07) is 12.4. The summed E-state index contributed by atoms with van der Waals surface area (Å²) in [7, 11) is 1.26. The van der Waals surface area contributed by atoms with E-state index in [2.05, 4.69) is 10.6 Å². The maximum atomic E-state index is 14.3. The number of para-hydroxylation sites is 2. The first-order valence-electron chi connectivity index (χ1n) is 17.8. The first kappa shape index (κ1) is 36.7. The molecule has 1 aromatic heterocycles. The summed E-state index contributed by atoms with van der Waals surface area (Å²) in [6.45, 7) is 14.5. The molecule has 278 valence electrons. The van der Waals surface area contributed by atoms with Crippen molar-refractivity contribution in [3.63, 3.8) is 0 Å². The number of anilines is 1. The monoisotopic (exact) mass is 715 g/mol.